The third-order valence-corrected chi connectivity index (χ3v) is 4.77. The summed E-state index contributed by atoms with van der Waals surface area (Å²) < 4.78 is 38.5. The van der Waals surface area contributed by atoms with E-state index in [2.05, 4.69) is 19.4 Å². The van der Waals surface area contributed by atoms with Gasteiger partial charge in [0.1, 0.15) is 12.4 Å². The molecule has 9 heteroatoms. The van der Waals surface area contributed by atoms with E-state index in [0.29, 0.717) is 23.1 Å². The number of rotatable bonds is 7. The highest BCUT2D eigenvalue weighted by molar-refractivity contribution is 7.85. The molecule has 2 aromatic heterocycles. The van der Waals surface area contributed by atoms with Gasteiger partial charge in [0.15, 0.2) is 0 Å². The van der Waals surface area contributed by atoms with Gasteiger partial charge in [-0.15, -0.1) is 10.2 Å². The van der Waals surface area contributed by atoms with Crippen molar-refractivity contribution in [3.63, 3.8) is 0 Å². The number of pyridine rings is 1. The summed E-state index contributed by atoms with van der Waals surface area (Å²) in [5, 5.41) is 9.59. The lowest BCUT2D eigenvalue weighted by atomic mass is 10.2. The van der Waals surface area contributed by atoms with Crippen molar-refractivity contribution in [3.05, 3.63) is 53.9 Å². The van der Waals surface area contributed by atoms with Crippen molar-refractivity contribution in [2.24, 2.45) is 0 Å². The van der Waals surface area contributed by atoms with Gasteiger partial charge in [0.05, 0.1) is 36.4 Å². The summed E-state index contributed by atoms with van der Waals surface area (Å²) in [5.41, 5.74) is 0.939. The van der Waals surface area contributed by atoms with Gasteiger partial charge in [0, 0.05) is 0 Å². The molecular weight excluding hydrogens is 358 g/mol. The van der Waals surface area contributed by atoms with Crippen LogP contribution in [-0.2, 0) is 26.7 Å². The zero-order valence-corrected chi connectivity index (χ0v) is 15.1. The van der Waals surface area contributed by atoms with Gasteiger partial charge in [-0.05, 0) is 24.3 Å². The summed E-state index contributed by atoms with van der Waals surface area (Å²) >= 11 is 0. The summed E-state index contributed by atoms with van der Waals surface area (Å²) in [6.45, 7) is 0.117. The largest absolute Gasteiger partial charge is 0.479 e. The van der Waals surface area contributed by atoms with Gasteiger partial charge in [-0.2, -0.15) is 8.42 Å². The second-order valence-corrected chi connectivity index (χ2v) is 7.07. The molecule has 0 radical (unpaired) electrons. The molecule has 0 spiro atoms. The highest BCUT2D eigenvalue weighted by Gasteiger charge is 2.13. The van der Waals surface area contributed by atoms with Crippen LogP contribution in [0.5, 0.6) is 11.8 Å². The molecular formula is C17H17N3O5S. The van der Waals surface area contributed by atoms with Crippen LogP contribution < -0.4 is 9.47 Å². The monoisotopic (exact) mass is 375 g/mol. The maximum Gasteiger partial charge on any atom is 0.272 e. The zero-order valence-electron chi connectivity index (χ0n) is 14.2. The number of hydrogen-bond donors (Lipinski definition) is 0. The van der Waals surface area contributed by atoms with E-state index < -0.39 is 10.1 Å². The predicted octanol–water partition coefficient (Wildman–Crippen LogP) is 2.09. The van der Waals surface area contributed by atoms with Crippen LogP contribution in [0.25, 0.3) is 10.8 Å². The molecule has 2 heterocycles. The number of nitrogens with zero attached hydrogens (tertiary/aromatic N) is 3. The number of benzene rings is 1. The Morgan fingerprint density at radius 1 is 0.885 bits per heavy atom. The number of ether oxygens (including phenoxy) is 2. The van der Waals surface area contributed by atoms with Gasteiger partial charge in [0.25, 0.3) is 10.1 Å². The van der Waals surface area contributed by atoms with Gasteiger partial charge in [-0.1, -0.05) is 18.2 Å². The van der Waals surface area contributed by atoms with Gasteiger partial charge in [-0.25, -0.2) is 0 Å². The average Bonchev–Trinajstić information content (AvgIpc) is 2.66. The number of hydrogen-bond acceptors (Lipinski definition) is 8. The van der Waals surface area contributed by atoms with Gasteiger partial charge >= 0.3 is 0 Å². The molecule has 3 aromatic rings. The van der Waals surface area contributed by atoms with Crippen molar-refractivity contribution in [2.45, 2.75) is 12.4 Å². The first-order valence-electron chi connectivity index (χ1n) is 7.67. The van der Waals surface area contributed by atoms with E-state index in [9.17, 15) is 8.42 Å². The second-order valence-electron chi connectivity index (χ2n) is 5.34. The average molecular weight is 375 g/mol. The van der Waals surface area contributed by atoms with Crippen LogP contribution in [-0.4, -0.2) is 37.8 Å². The molecule has 3 rings (SSSR count). The fraction of sp³-hybridized carbons (Fsp3) is 0.235. The first-order valence-corrected chi connectivity index (χ1v) is 9.25. The van der Waals surface area contributed by atoms with Crippen LogP contribution in [0.1, 0.15) is 11.4 Å². The van der Waals surface area contributed by atoms with E-state index in [4.69, 9.17) is 9.47 Å². The Bertz CT molecular complexity index is 1020. The van der Waals surface area contributed by atoms with Crippen LogP contribution in [0, 0.1) is 0 Å². The van der Waals surface area contributed by atoms with E-state index in [0.717, 1.165) is 17.9 Å². The molecule has 0 atom stereocenters. The molecule has 0 unspecified atom stereocenters. The summed E-state index contributed by atoms with van der Waals surface area (Å²) in [4.78, 5) is 4.28. The Morgan fingerprint density at radius 2 is 1.54 bits per heavy atom. The Morgan fingerprint density at radius 3 is 2.23 bits per heavy atom. The van der Waals surface area contributed by atoms with Crippen molar-refractivity contribution in [2.75, 3.05) is 14.2 Å². The van der Waals surface area contributed by atoms with Crippen LogP contribution in [0.4, 0.5) is 0 Å². The predicted molar refractivity (Wildman–Crippen MR) is 94.3 cm³/mol. The van der Waals surface area contributed by atoms with E-state index >= 15 is 0 Å². The summed E-state index contributed by atoms with van der Waals surface area (Å²) in [6.07, 6.45) is 0. The zero-order chi connectivity index (χ0) is 18.6. The molecule has 0 bridgehead atoms. The quantitative estimate of drug-likeness (QED) is 0.579. The van der Waals surface area contributed by atoms with Crippen LogP contribution in [0.3, 0.4) is 0 Å². The third-order valence-electron chi connectivity index (χ3n) is 3.61. The molecule has 0 aliphatic heterocycles. The lowest BCUT2D eigenvalue weighted by molar-refractivity contribution is 0.287. The Hall–Kier alpha value is -2.78. The van der Waals surface area contributed by atoms with Crippen LogP contribution in [0.2, 0.25) is 0 Å². The standard InChI is InChI=1S/C17H17N3O5S/c1-23-16-14-8-3-4-9-15(14)17(20-19-16)25-10-12-6-5-7-13(18-12)11-26(21,22)24-2/h3-9H,10-11H2,1-2H3. The third kappa shape index (κ3) is 4.06. The molecule has 0 amide bonds. The highest BCUT2D eigenvalue weighted by atomic mass is 32.2. The van der Waals surface area contributed by atoms with Crippen molar-refractivity contribution in [3.8, 4) is 11.8 Å². The topological polar surface area (TPSA) is 101 Å². The van der Waals surface area contributed by atoms with Crippen molar-refractivity contribution in [1.82, 2.24) is 15.2 Å². The molecule has 0 N–H and O–H groups in total. The number of methoxy groups -OCH3 is 1. The lowest BCUT2D eigenvalue weighted by Gasteiger charge is -2.10. The van der Waals surface area contributed by atoms with E-state index in [1.54, 1.807) is 18.2 Å². The summed E-state index contributed by atoms with van der Waals surface area (Å²) in [7, 11) is -0.983. The smallest absolute Gasteiger partial charge is 0.272 e. The molecule has 136 valence electrons. The van der Waals surface area contributed by atoms with Crippen LogP contribution in [0.15, 0.2) is 42.5 Å². The molecule has 1 aromatic carbocycles. The minimum absolute atomic E-state index is 0.117. The van der Waals surface area contributed by atoms with Gasteiger partial charge in [0.2, 0.25) is 11.8 Å². The minimum Gasteiger partial charge on any atom is -0.479 e. The summed E-state index contributed by atoms with van der Waals surface area (Å²) in [5.74, 6) is 0.457. The molecule has 26 heavy (non-hydrogen) atoms. The minimum atomic E-state index is -3.63. The molecule has 8 nitrogen and oxygen atoms in total. The molecule has 0 aliphatic rings. The SMILES string of the molecule is COc1nnc(OCc2cccc(CS(=O)(=O)OC)n2)c2ccccc12. The maximum absolute atomic E-state index is 11.5. The van der Waals surface area contributed by atoms with Crippen molar-refractivity contribution in [1.29, 1.82) is 0 Å². The van der Waals surface area contributed by atoms with Crippen molar-refractivity contribution < 1.29 is 22.1 Å². The molecule has 0 aliphatic carbocycles. The second kappa shape index (κ2) is 7.63. The molecule has 0 fully saturated rings. The number of fused-ring (bicyclic) bond motifs is 1. The first kappa shape index (κ1) is 18.0. The Kier molecular flexibility index (Phi) is 5.29. The number of aromatic nitrogens is 3. The fourth-order valence-electron chi connectivity index (χ4n) is 2.38. The fourth-order valence-corrected chi connectivity index (χ4v) is 3.03. The highest BCUT2D eigenvalue weighted by Crippen LogP contribution is 2.28. The Balaban J connectivity index is 1.81. The van der Waals surface area contributed by atoms with Gasteiger partial charge < -0.3 is 9.47 Å². The molecule has 0 saturated heterocycles. The van der Waals surface area contributed by atoms with Crippen LogP contribution >= 0.6 is 0 Å². The lowest BCUT2D eigenvalue weighted by Crippen LogP contribution is -2.09. The maximum atomic E-state index is 11.5. The van der Waals surface area contributed by atoms with E-state index in [-0.39, 0.29) is 12.4 Å². The molecule has 0 saturated carbocycles. The van der Waals surface area contributed by atoms with E-state index in [1.807, 2.05) is 24.3 Å². The first-order chi connectivity index (χ1) is 12.5. The van der Waals surface area contributed by atoms with Gasteiger partial charge in [-0.3, -0.25) is 9.17 Å². The Labute approximate surface area is 150 Å². The van der Waals surface area contributed by atoms with Crippen molar-refractivity contribution >= 4 is 20.9 Å². The summed E-state index contributed by atoms with van der Waals surface area (Å²) in [6, 6.07) is 12.5. The van der Waals surface area contributed by atoms with E-state index in [1.165, 1.54) is 7.11 Å². The normalized spacial score (nSPS) is 11.5.